The molecule has 0 spiro atoms. The zero-order valence-corrected chi connectivity index (χ0v) is 11.8. The minimum atomic E-state index is -6.00. The summed E-state index contributed by atoms with van der Waals surface area (Å²) in [7, 11) is -3.98. The minimum Gasteiger partial charge on any atom is -0.418 e. The number of para-hydroxylation sites is 1. The van der Waals surface area contributed by atoms with Crippen molar-refractivity contribution in [1.82, 2.24) is 4.98 Å². The van der Waals surface area contributed by atoms with E-state index >= 15 is 0 Å². The van der Waals surface area contributed by atoms with Crippen LogP contribution in [0.4, 0.5) is 17.3 Å². The Morgan fingerprint density at radius 1 is 1.00 bits per heavy atom. The van der Waals surface area contributed by atoms with Gasteiger partial charge in [-0.05, 0) is 12.1 Å². The highest BCUT2D eigenvalue weighted by atomic mass is 32.1. The Hall–Kier alpha value is -1.96. The molecule has 8 heteroatoms. The molecule has 0 unspecified atom stereocenters. The Morgan fingerprint density at radius 2 is 1.57 bits per heavy atom. The van der Waals surface area contributed by atoms with E-state index in [0.717, 1.165) is 10.5 Å². The fraction of sp³-hybridized carbons (Fsp3) is 0.0769. The van der Waals surface area contributed by atoms with Crippen molar-refractivity contribution in [2.24, 2.45) is 7.05 Å². The molecular weight excluding hydrogens is 303 g/mol. The summed E-state index contributed by atoms with van der Waals surface area (Å²) in [6.07, 6.45) is 4.09. The Kier molecular flexibility index (Phi) is 4.57. The quantitative estimate of drug-likeness (QED) is 0.376. The average Bonchev–Trinajstić information content (AvgIpc) is 2.81. The number of hydrogen-bond donors (Lipinski definition) is 0. The van der Waals surface area contributed by atoms with Crippen molar-refractivity contribution >= 4 is 28.8 Å². The van der Waals surface area contributed by atoms with Crippen LogP contribution in [0.3, 0.4) is 0 Å². The molecule has 110 valence electrons. The van der Waals surface area contributed by atoms with Crippen LogP contribution in [0.2, 0.25) is 0 Å². The molecule has 2 heterocycles. The molecule has 0 atom stereocenters. The fourth-order valence-corrected chi connectivity index (χ4v) is 2.61. The normalized spacial score (nSPS) is 11.1. The minimum absolute atomic E-state index is 1.08. The summed E-state index contributed by atoms with van der Waals surface area (Å²) in [5.74, 6) is 0. The van der Waals surface area contributed by atoms with Gasteiger partial charge in [-0.15, -0.1) is 11.3 Å². The number of rotatable bonds is 1. The van der Waals surface area contributed by atoms with E-state index in [1.165, 1.54) is 10.3 Å². The number of aromatic nitrogens is 2. The first kappa shape index (κ1) is 15.4. The van der Waals surface area contributed by atoms with Crippen LogP contribution < -0.4 is 4.57 Å². The average molecular weight is 314 g/mol. The Bertz CT molecular complexity index is 686. The summed E-state index contributed by atoms with van der Waals surface area (Å²) >= 11 is 1.74. The summed E-state index contributed by atoms with van der Waals surface area (Å²) in [5, 5.41) is 1.09. The third kappa shape index (κ3) is 4.82. The topological polar surface area (TPSA) is 16.8 Å². The number of benzene rings is 1. The maximum Gasteiger partial charge on any atom is 0.673 e. The number of aryl methyl sites for hydroxylation is 1. The van der Waals surface area contributed by atoms with Gasteiger partial charge in [-0.2, -0.15) is 0 Å². The van der Waals surface area contributed by atoms with Crippen molar-refractivity contribution in [1.29, 1.82) is 0 Å². The van der Waals surface area contributed by atoms with Crippen LogP contribution in [0, 0.1) is 0 Å². The van der Waals surface area contributed by atoms with Crippen molar-refractivity contribution in [3.63, 3.8) is 0 Å². The van der Waals surface area contributed by atoms with Gasteiger partial charge in [-0.1, -0.05) is 12.1 Å². The summed E-state index contributed by atoms with van der Waals surface area (Å²) in [6, 6.07) is 12.4. The number of pyridine rings is 1. The number of fused-ring (bicyclic) bond motifs is 1. The lowest BCUT2D eigenvalue weighted by molar-refractivity contribution is -0.671. The molecule has 0 bridgehead atoms. The van der Waals surface area contributed by atoms with E-state index in [1.54, 1.807) is 11.3 Å². The largest absolute Gasteiger partial charge is 0.673 e. The second-order valence-corrected chi connectivity index (χ2v) is 5.26. The van der Waals surface area contributed by atoms with E-state index in [0.29, 0.717) is 0 Å². The molecule has 21 heavy (non-hydrogen) atoms. The monoisotopic (exact) mass is 314 g/mol. The predicted molar refractivity (Wildman–Crippen MR) is 76.4 cm³/mol. The van der Waals surface area contributed by atoms with Gasteiger partial charge in [0.15, 0.2) is 12.4 Å². The van der Waals surface area contributed by atoms with Crippen LogP contribution in [-0.2, 0) is 7.05 Å². The highest BCUT2D eigenvalue weighted by Gasteiger charge is 2.20. The molecule has 1 aromatic carbocycles. The van der Waals surface area contributed by atoms with Crippen LogP contribution in [0.5, 0.6) is 0 Å². The van der Waals surface area contributed by atoms with Gasteiger partial charge in [0.05, 0.1) is 10.2 Å². The molecule has 0 aliphatic carbocycles. The lowest BCUT2D eigenvalue weighted by atomic mass is 10.3. The van der Waals surface area contributed by atoms with Crippen molar-refractivity contribution in [2.75, 3.05) is 0 Å². The summed E-state index contributed by atoms with van der Waals surface area (Å²) < 4.78 is 42.3. The maximum atomic E-state index is 9.75. The Balaban J connectivity index is 0.000000282. The van der Waals surface area contributed by atoms with Crippen molar-refractivity contribution < 1.29 is 21.8 Å². The third-order valence-electron chi connectivity index (χ3n) is 2.52. The van der Waals surface area contributed by atoms with Crippen molar-refractivity contribution in [3.8, 4) is 10.6 Å². The first-order valence-corrected chi connectivity index (χ1v) is 6.83. The Morgan fingerprint density at radius 3 is 2.14 bits per heavy atom. The molecule has 0 radical (unpaired) electrons. The highest BCUT2D eigenvalue weighted by molar-refractivity contribution is 7.21. The lowest BCUT2D eigenvalue weighted by Gasteiger charge is -1.94. The second-order valence-electron chi connectivity index (χ2n) is 4.23. The number of nitrogens with zero attached hydrogens (tertiary/aromatic N) is 2. The van der Waals surface area contributed by atoms with Gasteiger partial charge >= 0.3 is 7.25 Å². The third-order valence-corrected chi connectivity index (χ3v) is 3.60. The first-order valence-electron chi connectivity index (χ1n) is 6.01. The van der Waals surface area contributed by atoms with E-state index in [-0.39, 0.29) is 0 Å². The van der Waals surface area contributed by atoms with Crippen LogP contribution >= 0.6 is 11.3 Å². The molecule has 3 rings (SSSR count). The van der Waals surface area contributed by atoms with E-state index in [1.807, 2.05) is 30.1 Å². The smallest absolute Gasteiger partial charge is 0.418 e. The molecule has 0 saturated carbocycles. The molecule has 0 fully saturated rings. The standard InChI is InChI=1S/C13H11N2S.BF4/c1-15-8-6-10(7-9-15)13-14-11-4-2-3-5-12(11)16-13;2-1(3,4)5/h2-9H,1H3;/q+1;-1. The van der Waals surface area contributed by atoms with Crippen LogP contribution in [0.1, 0.15) is 0 Å². The Labute approximate surface area is 122 Å². The maximum absolute atomic E-state index is 9.75. The molecule has 2 nitrogen and oxygen atoms in total. The van der Waals surface area contributed by atoms with E-state index in [4.69, 9.17) is 0 Å². The van der Waals surface area contributed by atoms with Crippen LogP contribution in [0.15, 0.2) is 48.8 Å². The zero-order chi connectivity index (χ0) is 15.5. The van der Waals surface area contributed by atoms with Gasteiger partial charge in [0.25, 0.3) is 0 Å². The molecule has 0 aliphatic heterocycles. The van der Waals surface area contributed by atoms with E-state index in [2.05, 4.69) is 35.3 Å². The lowest BCUT2D eigenvalue weighted by Crippen LogP contribution is -2.25. The van der Waals surface area contributed by atoms with Crippen molar-refractivity contribution in [2.45, 2.75) is 0 Å². The number of halogens is 4. The van der Waals surface area contributed by atoms with Crippen LogP contribution in [-0.4, -0.2) is 12.2 Å². The van der Waals surface area contributed by atoms with Crippen LogP contribution in [0.25, 0.3) is 20.8 Å². The first-order chi connectivity index (χ1) is 9.83. The SMILES string of the molecule is C[n+]1ccc(-c2nc3ccccc3s2)cc1.F[B-](F)(F)F. The fourth-order valence-electron chi connectivity index (χ4n) is 1.64. The number of hydrogen-bond acceptors (Lipinski definition) is 2. The molecule has 0 N–H and O–H groups in total. The number of thiazole rings is 1. The summed E-state index contributed by atoms with van der Waals surface area (Å²) in [4.78, 5) is 4.62. The predicted octanol–water partition coefficient (Wildman–Crippen LogP) is 4.09. The molecule has 0 amide bonds. The molecule has 0 saturated heterocycles. The molecular formula is C13H11BF4N2S. The van der Waals surface area contributed by atoms with Crippen molar-refractivity contribution in [3.05, 3.63) is 48.8 Å². The van der Waals surface area contributed by atoms with Gasteiger partial charge in [-0.3, -0.25) is 0 Å². The van der Waals surface area contributed by atoms with E-state index in [9.17, 15) is 17.3 Å². The zero-order valence-electron chi connectivity index (χ0n) is 11.0. The molecule has 3 aromatic rings. The van der Waals surface area contributed by atoms with Gasteiger partial charge in [0, 0.05) is 17.7 Å². The molecule has 2 aromatic heterocycles. The summed E-state index contributed by atoms with van der Waals surface area (Å²) in [5.41, 5.74) is 2.26. The van der Waals surface area contributed by atoms with Gasteiger partial charge in [-0.25, -0.2) is 9.55 Å². The van der Waals surface area contributed by atoms with Gasteiger partial charge < -0.3 is 17.3 Å². The van der Waals surface area contributed by atoms with Gasteiger partial charge in [0.2, 0.25) is 0 Å². The van der Waals surface area contributed by atoms with Gasteiger partial charge in [0.1, 0.15) is 12.1 Å². The second kappa shape index (κ2) is 6.21. The summed E-state index contributed by atoms with van der Waals surface area (Å²) in [6.45, 7) is 0. The van der Waals surface area contributed by atoms with E-state index < -0.39 is 7.25 Å². The molecule has 0 aliphatic rings. The highest BCUT2D eigenvalue weighted by Crippen LogP contribution is 2.29.